The molecular weight excluding hydrogens is 390 g/mol. The van der Waals surface area contributed by atoms with Gasteiger partial charge in [0.25, 0.3) is 5.91 Å². The van der Waals surface area contributed by atoms with Crippen molar-refractivity contribution >= 4 is 35.2 Å². The SMILES string of the molecule is CSc1ccc(-c2ccc3c(c2)C(=O)N2CCN(C(=O)CO)C[C@@H]2C(=O)N3)cc1. The third kappa shape index (κ3) is 3.61. The predicted molar refractivity (Wildman–Crippen MR) is 111 cm³/mol. The van der Waals surface area contributed by atoms with Gasteiger partial charge in [-0.3, -0.25) is 14.4 Å². The zero-order valence-corrected chi connectivity index (χ0v) is 16.7. The fraction of sp³-hybridized carbons (Fsp3) is 0.286. The van der Waals surface area contributed by atoms with Crippen LogP contribution < -0.4 is 5.32 Å². The number of carbonyl (C=O) groups is 3. The smallest absolute Gasteiger partial charge is 0.256 e. The van der Waals surface area contributed by atoms with E-state index in [1.165, 1.54) is 9.80 Å². The third-order valence-corrected chi connectivity index (χ3v) is 6.11. The lowest BCUT2D eigenvalue weighted by Gasteiger charge is -2.39. The number of thioether (sulfide) groups is 1. The number of fused-ring (bicyclic) bond motifs is 2. The van der Waals surface area contributed by atoms with Crippen molar-refractivity contribution in [2.45, 2.75) is 10.9 Å². The summed E-state index contributed by atoms with van der Waals surface area (Å²) in [5.41, 5.74) is 2.79. The number of anilines is 1. The van der Waals surface area contributed by atoms with Crippen LogP contribution in [0.2, 0.25) is 0 Å². The molecule has 2 aliphatic heterocycles. The predicted octanol–water partition coefficient (Wildman–Crippen LogP) is 1.67. The second kappa shape index (κ2) is 7.88. The molecule has 0 spiro atoms. The highest BCUT2D eigenvalue weighted by Gasteiger charge is 2.40. The van der Waals surface area contributed by atoms with Crippen LogP contribution in [-0.4, -0.2) is 71.2 Å². The Morgan fingerprint density at radius 2 is 1.86 bits per heavy atom. The van der Waals surface area contributed by atoms with E-state index < -0.39 is 18.6 Å². The van der Waals surface area contributed by atoms with Crippen molar-refractivity contribution in [3.8, 4) is 11.1 Å². The van der Waals surface area contributed by atoms with Gasteiger partial charge in [0, 0.05) is 18.0 Å². The number of hydrogen-bond acceptors (Lipinski definition) is 5. The highest BCUT2D eigenvalue weighted by Crippen LogP contribution is 2.31. The van der Waals surface area contributed by atoms with E-state index in [9.17, 15) is 14.4 Å². The molecule has 2 N–H and O–H groups in total. The van der Waals surface area contributed by atoms with Crippen molar-refractivity contribution < 1.29 is 19.5 Å². The van der Waals surface area contributed by atoms with E-state index in [-0.39, 0.29) is 24.9 Å². The Morgan fingerprint density at radius 1 is 1.14 bits per heavy atom. The Bertz CT molecular complexity index is 976. The molecule has 4 rings (SSSR count). The van der Waals surface area contributed by atoms with Crippen LogP contribution in [0.5, 0.6) is 0 Å². The molecule has 0 radical (unpaired) electrons. The van der Waals surface area contributed by atoms with E-state index in [2.05, 4.69) is 5.32 Å². The summed E-state index contributed by atoms with van der Waals surface area (Å²) in [5.74, 6) is -1.01. The number of aliphatic hydroxyl groups is 1. The molecule has 1 saturated heterocycles. The van der Waals surface area contributed by atoms with Gasteiger partial charge in [-0.05, 0) is 41.6 Å². The van der Waals surface area contributed by atoms with E-state index in [1.54, 1.807) is 23.9 Å². The van der Waals surface area contributed by atoms with Crippen LogP contribution in [0, 0.1) is 0 Å². The first-order chi connectivity index (χ1) is 14.0. The van der Waals surface area contributed by atoms with Gasteiger partial charge in [-0.1, -0.05) is 18.2 Å². The molecule has 0 aromatic heterocycles. The van der Waals surface area contributed by atoms with Crippen LogP contribution in [0.3, 0.4) is 0 Å². The molecule has 2 aliphatic rings. The summed E-state index contributed by atoms with van der Waals surface area (Å²) < 4.78 is 0. The Morgan fingerprint density at radius 3 is 2.55 bits per heavy atom. The molecule has 0 saturated carbocycles. The number of amides is 3. The minimum absolute atomic E-state index is 0.0773. The Labute approximate surface area is 172 Å². The number of hydrogen-bond donors (Lipinski definition) is 2. The van der Waals surface area contributed by atoms with E-state index in [4.69, 9.17) is 5.11 Å². The van der Waals surface area contributed by atoms with E-state index in [0.717, 1.165) is 16.0 Å². The summed E-state index contributed by atoms with van der Waals surface area (Å²) in [5, 5.41) is 11.9. The van der Waals surface area contributed by atoms with Crippen molar-refractivity contribution in [1.29, 1.82) is 0 Å². The number of nitrogens with one attached hydrogen (secondary N) is 1. The van der Waals surface area contributed by atoms with E-state index in [1.807, 2.05) is 36.6 Å². The topological polar surface area (TPSA) is 90.0 Å². The summed E-state index contributed by atoms with van der Waals surface area (Å²) >= 11 is 1.66. The lowest BCUT2D eigenvalue weighted by Crippen LogP contribution is -2.59. The standard InChI is InChI=1S/C21H21N3O4S/c1-29-15-5-2-13(3-6-15)14-4-7-17-16(10-14)21(28)24-9-8-23(19(26)12-25)11-18(24)20(27)22-17/h2-7,10,18,25H,8-9,11-12H2,1H3,(H,22,27)/t18-/m1/s1. The van der Waals surface area contributed by atoms with Crippen LogP contribution in [0.4, 0.5) is 5.69 Å². The number of nitrogens with zero attached hydrogens (tertiary/aromatic N) is 2. The van der Waals surface area contributed by atoms with Gasteiger partial charge >= 0.3 is 0 Å². The lowest BCUT2D eigenvalue weighted by atomic mass is 10.0. The van der Waals surface area contributed by atoms with Gasteiger partial charge in [-0.2, -0.15) is 0 Å². The summed E-state index contributed by atoms with van der Waals surface area (Å²) in [6.45, 7) is 0.00396. The largest absolute Gasteiger partial charge is 0.387 e. The quantitative estimate of drug-likeness (QED) is 0.750. The summed E-state index contributed by atoms with van der Waals surface area (Å²) in [6.07, 6.45) is 2.02. The van der Waals surface area contributed by atoms with Gasteiger partial charge in [0.1, 0.15) is 12.6 Å². The Kier molecular flexibility index (Phi) is 5.29. The molecule has 7 nitrogen and oxygen atoms in total. The lowest BCUT2D eigenvalue weighted by molar-refractivity contribution is -0.138. The first kappa shape index (κ1) is 19.5. The maximum absolute atomic E-state index is 13.2. The molecule has 1 fully saturated rings. The third-order valence-electron chi connectivity index (χ3n) is 5.36. The molecule has 2 aromatic carbocycles. The summed E-state index contributed by atoms with van der Waals surface area (Å²) in [7, 11) is 0. The minimum atomic E-state index is -0.775. The van der Waals surface area contributed by atoms with Gasteiger partial charge in [0.15, 0.2) is 0 Å². The monoisotopic (exact) mass is 411 g/mol. The molecule has 1 atom stereocenters. The van der Waals surface area contributed by atoms with Crippen molar-refractivity contribution in [3.05, 3.63) is 48.0 Å². The van der Waals surface area contributed by atoms with Crippen LogP contribution in [0.25, 0.3) is 11.1 Å². The molecule has 0 aliphatic carbocycles. The van der Waals surface area contributed by atoms with Gasteiger partial charge < -0.3 is 20.2 Å². The average molecular weight is 411 g/mol. The summed E-state index contributed by atoms with van der Waals surface area (Å²) in [4.78, 5) is 41.9. The number of rotatable bonds is 3. The molecule has 150 valence electrons. The average Bonchev–Trinajstić information content (AvgIpc) is 2.87. The molecule has 2 aromatic rings. The van der Waals surface area contributed by atoms with Crippen molar-refractivity contribution in [3.63, 3.8) is 0 Å². The number of benzene rings is 2. The molecule has 3 amide bonds. The molecular formula is C21H21N3O4S. The van der Waals surface area contributed by atoms with Crippen LogP contribution in [0.15, 0.2) is 47.4 Å². The van der Waals surface area contributed by atoms with E-state index in [0.29, 0.717) is 17.8 Å². The van der Waals surface area contributed by atoms with Crippen molar-refractivity contribution in [2.24, 2.45) is 0 Å². The number of piperazine rings is 1. The zero-order chi connectivity index (χ0) is 20.5. The van der Waals surface area contributed by atoms with Gasteiger partial charge in [0.2, 0.25) is 11.8 Å². The van der Waals surface area contributed by atoms with Crippen molar-refractivity contribution in [2.75, 3.05) is 37.8 Å². The molecule has 0 bridgehead atoms. The highest BCUT2D eigenvalue weighted by atomic mass is 32.2. The van der Waals surface area contributed by atoms with Gasteiger partial charge in [0.05, 0.1) is 17.8 Å². The number of aliphatic hydroxyl groups excluding tert-OH is 1. The minimum Gasteiger partial charge on any atom is -0.387 e. The van der Waals surface area contributed by atoms with E-state index >= 15 is 0 Å². The number of carbonyl (C=O) groups excluding carboxylic acids is 3. The molecule has 2 heterocycles. The van der Waals surface area contributed by atoms with Crippen LogP contribution in [-0.2, 0) is 9.59 Å². The van der Waals surface area contributed by atoms with Crippen LogP contribution in [0.1, 0.15) is 10.4 Å². The molecule has 0 unspecified atom stereocenters. The fourth-order valence-corrected chi connectivity index (χ4v) is 4.15. The van der Waals surface area contributed by atoms with Gasteiger partial charge in [-0.15, -0.1) is 11.8 Å². The van der Waals surface area contributed by atoms with Crippen LogP contribution >= 0.6 is 11.8 Å². The first-order valence-electron chi connectivity index (χ1n) is 9.30. The Balaban J connectivity index is 1.66. The first-order valence-corrected chi connectivity index (χ1v) is 10.5. The maximum atomic E-state index is 13.2. The van der Waals surface area contributed by atoms with Crippen molar-refractivity contribution in [1.82, 2.24) is 9.80 Å². The second-order valence-corrected chi connectivity index (χ2v) is 7.87. The molecule has 29 heavy (non-hydrogen) atoms. The summed E-state index contributed by atoms with van der Waals surface area (Å²) in [6, 6.07) is 12.7. The molecule has 8 heteroatoms. The fourth-order valence-electron chi connectivity index (χ4n) is 3.74. The highest BCUT2D eigenvalue weighted by molar-refractivity contribution is 7.98. The normalized spacial score (nSPS) is 18.6. The Hall–Kier alpha value is -2.84. The maximum Gasteiger partial charge on any atom is 0.256 e. The van der Waals surface area contributed by atoms with Gasteiger partial charge in [-0.25, -0.2) is 0 Å². The second-order valence-electron chi connectivity index (χ2n) is 6.99. The zero-order valence-electron chi connectivity index (χ0n) is 15.9.